The summed E-state index contributed by atoms with van der Waals surface area (Å²) < 4.78 is 1.43. The summed E-state index contributed by atoms with van der Waals surface area (Å²) in [5.41, 5.74) is 0.258. The minimum absolute atomic E-state index is 0.0525. The molecular formula is C13H20N4O2. The van der Waals surface area contributed by atoms with Gasteiger partial charge in [0.25, 0.3) is 0 Å². The Hall–Kier alpha value is -1.72. The standard InChI is InChI=1S/C13H20N4O2/c1-2-17(12-6-4-3-5-7-12)13(19)9-16-8-11(10-18)14-15-16/h8,10,12H,2-7,9H2,1H3. The Morgan fingerprint density at radius 3 is 2.79 bits per heavy atom. The van der Waals surface area contributed by atoms with Crippen molar-refractivity contribution in [2.24, 2.45) is 0 Å². The molecule has 1 heterocycles. The van der Waals surface area contributed by atoms with E-state index in [1.165, 1.54) is 30.1 Å². The number of aromatic nitrogens is 3. The third-order valence-electron chi connectivity index (χ3n) is 3.65. The first-order valence-corrected chi connectivity index (χ1v) is 6.89. The summed E-state index contributed by atoms with van der Waals surface area (Å²) in [6, 6.07) is 0.361. The highest BCUT2D eigenvalue weighted by atomic mass is 16.2. The van der Waals surface area contributed by atoms with Gasteiger partial charge in [0.2, 0.25) is 5.91 Å². The Labute approximate surface area is 112 Å². The monoisotopic (exact) mass is 264 g/mol. The Kier molecular flexibility index (Phi) is 4.65. The number of nitrogens with zero attached hydrogens (tertiary/aromatic N) is 4. The lowest BCUT2D eigenvalue weighted by molar-refractivity contribution is -0.134. The lowest BCUT2D eigenvalue weighted by atomic mass is 9.94. The molecule has 6 nitrogen and oxygen atoms in total. The van der Waals surface area contributed by atoms with E-state index in [0.29, 0.717) is 12.3 Å². The average molecular weight is 264 g/mol. The molecule has 1 aliphatic carbocycles. The van der Waals surface area contributed by atoms with Gasteiger partial charge in [0.05, 0.1) is 6.20 Å². The van der Waals surface area contributed by atoms with Crippen molar-refractivity contribution in [3.63, 3.8) is 0 Å². The smallest absolute Gasteiger partial charge is 0.244 e. The molecule has 0 bridgehead atoms. The lowest BCUT2D eigenvalue weighted by Gasteiger charge is -2.33. The van der Waals surface area contributed by atoms with Crippen LogP contribution in [0, 0.1) is 0 Å². The molecule has 1 aromatic heterocycles. The number of carbonyl (C=O) groups excluding carboxylic acids is 2. The van der Waals surface area contributed by atoms with Gasteiger partial charge >= 0.3 is 0 Å². The van der Waals surface area contributed by atoms with E-state index in [4.69, 9.17) is 0 Å². The van der Waals surface area contributed by atoms with Gasteiger partial charge in [-0.05, 0) is 19.8 Å². The molecule has 1 fully saturated rings. The van der Waals surface area contributed by atoms with E-state index in [1.54, 1.807) is 0 Å². The normalized spacial score (nSPS) is 16.3. The van der Waals surface area contributed by atoms with Crippen LogP contribution in [0.25, 0.3) is 0 Å². The van der Waals surface area contributed by atoms with E-state index in [0.717, 1.165) is 19.4 Å². The predicted octanol–water partition coefficient (Wildman–Crippen LogP) is 1.27. The van der Waals surface area contributed by atoms with E-state index in [-0.39, 0.29) is 18.1 Å². The Morgan fingerprint density at radius 1 is 1.47 bits per heavy atom. The number of likely N-dealkylation sites (N-methyl/N-ethyl adjacent to an activating group) is 1. The van der Waals surface area contributed by atoms with Crippen LogP contribution in [-0.2, 0) is 11.3 Å². The number of hydrogen-bond donors (Lipinski definition) is 0. The molecule has 0 aliphatic heterocycles. The molecule has 0 N–H and O–H groups in total. The van der Waals surface area contributed by atoms with Crippen LogP contribution in [0.1, 0.15) is 49.5 Å². The summed E-state index contributed by atoms with van der Waals surface area (Å²) in [5.74, 6) is 0.0525. The number of rotatable bonds is 5. The Morgan fingerprint density at radius 2 is 2.21 bits per heavy atom. The zero-order valence-electron chi connectivity index (χ0n) is 11.3. The van der Waals surface area contributed by atoms with Crippen molar-refractivity contribution in [1.29, 1.82) is 0 Å². The summed E-state index contributed by atoms with van der Waals surface area (Å²) in [6.45, 7) is 2.88. The maximum Gasteiger partial charge on any atom is 0.244 e. The Bertz CT molecular complexity index is 438. The van der Waals surface area contributed by atoms with Crippen molar-refractivity contribution in [1.82, 2.24) is 19.9 Å². The van der Waals surface area contributed by atoms with E-state index < -0.39 is 0 Å². The maximum absolute atomic E-state index is 12.3. The largest absolute Gasteiger partial charge is 0.338 e. The van der Waals surface area contributed by atoms with E-state index in [2.05, 4.69) is 10.3 Å². The summed E-state index contributed by atoms with van der Waals surface area (Å²) >= 11 is 0. The van der Waals surface area contributed by atoms with Gasteiger partial charge in [0.15, 0.2) is 6.29 Å². The summed E-state index contributed by atoms with van der Waals surface area (Å²) in [7, 11) is 0. The predicted molar refractivity (Wildman–Crippen MR) is 69.7 cm³/mol. The number of amides is 1. The molecule has 0 aromatic carbocycles. The second-order valence-corrected chi connectivity index (χ2v) is 4.93. The fourth-order valence-electron chi connectivity index (χ4n) is 2.70. The van der Waals surface area contributed by atoms with Crippen molar-refractivity contribution in [3.8, 4) is 0 Å². The molecule has 0 unspecified atom stereocenters. The number of hydrogen-bond acceptors (Lipinski definition) is 4. The lowest BCUT2D eigenvalue weighted by Crippen LogP contribution is -2.43. The van der Waals surface area contributed by atoms with E-state index in [9.17, 15) is 9.59 Å². The highest BCUT2D eigenvalue weighted by molar-refractivity contribution is 5.76. The van der Waals surface area contributed by atoms with Crippen LogP contribution in [0.4, 0.5) is 0 Å². The van der Waals surface area contributed by atoms with Crippen LogP contribution >= 0.6 is 0 Å². The van der Waals surface area contributed by atoms with Crippen molar-refractivity contribution >= 4 is 12.2 Å². The molecular weight excluding hydrogens is 244 g/mol. The Balaban J connectivity index is 1.97. The molecule has 0 saturated heterocycles. The zero-order valence-corrected chi connectivity index (χ0v) is 11.3. The van der Waals surface area contributed by atoms with Gasteiger partial charge in [-0.3, -0.25) is 9.59 Å². The molecule has 1 aromatic rings. The highest BCUT2D eigenvalue weighted by Gasteiger charge is 2.24. The summed E-state index contributed by atoms with van der Waals surface area (Å²) in [6.07, 6.45) is 7.99. The van der Waals surface area contributed by atoms with Gasteiger partial charge < -0.3 is 4.90 Å². The first-order chi connectivity index (χ1) is 9.24. The highest BCUT2D eigenvalue weighted by Crippen LogP contribution is 2.22. The van der Waals surface area contributed by atoms with Gasteiger partial charge in [0, 0.05) is 12.6 Å². The SMILES string of the molecule is CCN(C(=O)Cn1cc(C=O)nn1)C1CCCCC1. The topological polar surface area (TPSA) is 68.1 Å². The van der Waals surface area contributed by atoms with Crippen molar-refractivity contribution in [2.75, 3.05) is 6.54 Å². The van der Waals surface area contributed by atoms with Crippen molar-refractivity contribution in [3.05, 3.63) is 11.9 Å². The maximum atomic E-state index is 12.3. The quantitative estimate of drug-likeness (QED) is 0.751. The minimum Gasteiger partial charge on any atom is -0.338 e. The van der Waals surface area contributed by atoms with Crippen LogP contribution in [0.5, 0.6) is 0 Å². The fourth-order valence-corrected chi connectivity index (χ4v) is 2.70. The molecule has 0 atom stereocenters. The van der Waals surface area contributed by atoms with Gasteiger partial charge in [-0.15, -0.1) is 5.10 Å². The minimum atomic E-state index is 0.0525. The number of carbonyl (C=O) groups is 2. The second kappa shape index (κ2) is 6.45. The van der Waals surface area contributed by atoms with Crippen LogP contribution in [0.3, 0.4) is 0 Å². The molecule has 2 rings (SSSR count). The average Bonchev–Trinajstić information content (AvgIpc) is 2.88. The third kappa shape index (κ3) is 3.39. The molecule has 0 radical (unpaired) electrons. The van der Waals surface area contributed by atoms with Crippen molar-refractivity contribution < 1.29 is 9.59 Å². The molecule has 19 heavy (non-hydrogen) atoms. The molecule has 1 saturated carbocycles. The molecule has 6 heteroatoms. The van der Waals surface area contributed by atoms with E-state index in [1.807, 2.05) is 11.8 Å². The molecule has 104 valence electrons. The van der Waals surface area contributed by atoms with Gasteiger partial charge in [0.1, 0.15) is 12.2 Å². The first kappa shape index (κ1) is 13.7. The fraction of sp³-hybridized carbons (Fsp3) is 0.692. The summed E-state index contributed by atoms with van der Waals surface area (Å²) in [4.78, 5) is 24.8. The molecule has 1 amide bonds. The van der Waals surface area contributed by atoms with Crippen molar-refractivity contribution in [2.45, 2.75) is 51.6 Å². The number of aldehydes is 1. The summed E-state index contributed by atoms with van der Waals surface area (Å²) in [5, 5.41) is 7.44. The zero-order chi connectivity index (χ0) is 13.7. The van der Waals surface area contributed by atoms with Gasteiger partial charge in [-0.2, -0.15) is 0 Å². The third-order valence-corrected chi connectivity index (χ3v) is 3.65. The van der Waals surface area contributed by atoms with Crippen LogP contribution in [-0.4, -0.2) is 44.7 Å². The van der Waals surface area contributed by atoms with Crippen LogP contribution in [0.2, 0.25) is 0 Å². The first-order valence-electron chi connectivity index (χ1n) is 6.89. The second-order valence-electron chi connectivity index (χ2n) is 4.93. The van der Waals surface area contributed by atoms with Crippen LogP contribution in [0.15, 0.2) is 6.20 Å². The van der Waals surface area contributed by atoms with Gasteiger partial charge in [-0.1, -0.05) is 24.5 Å². The van der Waals surface area contributed by atoms with Crippen LogP contribution < -0.4 is 0 Å². The molecule has 1 aliphatic rings. The molecule has 0 spiro atoms. The van der Waals surface area contributed by atoms with Gasteiger partial charge in [-0.25, -0.2) is 4.68 Å². The van der Waals surface area contributed by atoms with E-state index >= 15 is 0 Å².